The van der Waals surface area contributed by atoms with E-state index in [1.807, 2.05) is 0 Å². The van der Waals surface area contributed by atoms with Crippen LogP contribution < -0.4 is 21.3 Å². The number of nitrogens with zero attached hydrogens (tertiary/aromatic N) is 4. The Morgan fingerprint density at radius 1 is 1.42 bits per heavy atom. The molecule has 3 heterocycles. The van der Waals surface area contributed by atoms with Crippen molar-refractivity contribution in [3.05, 3.63) is 35.4 Å². The average Bonchev–Trinajstić information content (AvgIpc) is 3.30. The van der Waals surface area contributed by atoms with Crippen molar-refractivity contribution in [2.45, 2.75) is 25.0 Å². The van der Waals surface area contributed by atoms with Gasteiger partial charge in [0.25, 0.3) is 0 Å². The molecule has 3 rings (SSSR count). The second-order valence-electron chi connectivity index (χ2n) is 5.83. The van der Waals surface area contributed by atoms with Gasteiger partial charge in [-0.3, -0.25) is 4.79 Å². The number of nitrogens with one attached hydrogen (secondary N) is 4. The van der Waals surface area contributed by atoms with Crippen LogP contribution in [0.1, 0.15) is 18.2 Å². The quantitative estimate of drug-likeness (QED) is 0.554. The van der Waals surface area contributed by atoms with Crippen LogP contribution in [0.2, 0.25) is 5.15 Å². The van der Waals surface area contributed by atoms with Crippen LogP contribution in [0.3, 0.4) is 0 Å². The number of halogens is 1. The maximum absolute atomic E-state index is 11.9. The van der Waals surface area contributed by atoms with Gasteiger partial charge in [0.15, 0.2) is 0 Å². The third-order valence-corrected chi connectivity index (χ3v) is 4.24. The Morgan fingerprint density at radius 3 is 3.00 bits per heavy atom. The molecule has 0 saturated carbocycles. The second kappa shape index (κ2) is 8.11. The van der Waals surface area contributed by atoms with Gasteiger partial charge in [-0.1, -0.05) is 16.8 Å². The summed E-state index contributed by atoms with van der Waals surface area (Å²) in [5, 5.41) is 19.6. The number of carbonyl (C=O) groups is 2. The van der Waals surface area contributed by atoms with Crippen LogP contribution in [0.25, 0.3) is 0 Å². The van der Waals surface area contributed by atoms with Crippen LogP contribution in [0, 0.1) is 0 Å². The summed E-state index contributed by atoms with van der Waals surface area (Å²) in [5.41, 5.74) is 1.16. The van der Waals surface area contributed by atoms with E-state index in [1.54, 1.807) is 30.1 Å². The number of anilines is 1. The van der Waals surface area contributed by atoms with E-state index in [0.717, 1.165) is 0 Å². The molecule has 1 saturated heterocycles. The number of likely N-dealkylation sites (N-methyl/N-ethyl adjacent to an activating group) is 1. The molecule has 26 heavy (non-hydrogen) atoms. The Hall–Kier alpha value is -2.72. The van der Waals surface area contributed by atoms with Crippen LogP contribution in [0.5, 0.6) is 0 Å². The first-order valence-corrected chi connectivity index (χ1v) is 8.45. The van der Waals surface area contributed by atoms with E-state index in [1.165, 1.54) is 6.20 Å². The maximum atomic E-state index is 11.9. The topological polar surface area (TPSA) is 126 Å². The Labute approximate surface area is 154 Å². The molecule has 0 spiro atoms. The van der Waals surface area contributed by atoms with Gasteiger partial charge in [-0.05, 0) is 18.6 Å². The smallest absolute Gasteiger partial charge is 0.319 e. The summed E-state index contributed by atoms with van der Waals surface area (Å²) in [6.45, 7) is 0.865. The minimum Gasteiger partial charge on any atom is -0.358 e. The van der Waals surface area contributed by atoms with E-state index in [-0.39, 0.29) is 30.6 Å². The van der Waals surface area contributed by atoms with Crippen molar-refractivity contribution in [3.63, 3.8) is 0 Å². The zero-order chi connectivity index (χ0) is 18.5. The van der Waals surface area contributed by atoms with Gasteiger partial charge in [0, 0.05) is 13.6 Å². The third kappa shape index (κ3) is 4.46. The Morgan fingerprint density at radius 2 is 2.27 bits per heavy atom. The zero-order valence-corrected chi connectivity index (χ0v) is 14.8. The van der Waals surface area contributed by atoms with E-state index < -0.39 is 0 Å². The monoisotopic (exact) mass is 378 g/mol. The van der Waals surface area contributed by atoms with Crippen molar-refractivity contribution < 1.29 is 9.59 Å². The highest BCUT2D eigenvalue weighted by Crippen LogP contribution is 2.19. The molecule has 1 fully saturated rings. The molecule has 0 radical (unpaired) electrons. The fourth-order valence-corrected chi connectivity index (χ4v) is 2.77. The van der Waals surface area contributed by atoms with Crippen LogP contribution in [-0.2, 0) is 11.3 Å². The molecule has 10 nitrogen and oxygen atoms in total. The summed E-state index contributed by atoms with van der Waals surface area (Å²) >= 11 is 5.70. The molecule has 0 unspecified atom stereocenters. The lowest BCUT2D eigenvalue weighted by molar-refractivity contribution is -0.122. The number of hydrogen-bond donors (Lipinski definition) is 4. The largest absolute Gasteiger partial charge is 0.358 e. The van der Waals surface area contributed by atoms with Crippen molar-refractivity contribution >= 4 is 29.2 Å². The third-order valence-electron chi connectivity index (χ3n) is 4.02. The summed E-state index contributed by atoms with van der Waals surface area (Å²) in [7, 11) is 1.61. The standard InChI is InChI=1S/C15H19ClN8O2/c1-17-14(25)12-4-11(7-18-12)24-8-10(22-23-24)6-20-15(26)21-9-2-3-13(16)19-5-9/h2-3,5,8,11-12,18H,4,6-7H2,1H3,(H,17,25)(H2,20,21,26)/t11-,12+/m1/s1. The van der Waals surface area contributed by atoms with Crippen LogP contribution >= 0.6 is 11.6 Å². The number of pyridine rings is 1. The van der Waals surface area contributed by atoms with Crippen LogP contribution in [0.4, 0.5) is 10.5 Å². The first-order chi connectivity index (χ1) is 12.5. The molecule has 1 aliphatic rings. The highest BCUT2D eigenvalue weighted by molar-refractivity contribution is 6.29. The summed E-state index contributed by atoms with van der Waals surface area (Å²) in [6.07, 6.45) is 3.87. The van der Waals surface area contributed by atoms with Gasteiger partial charge >= 0.3 is 6.03 Å². The number of urea groups is 1. The van der Waals surface area contributed by atoms with Gasteiger partial charge in [-0.2, -0.15) is 0 Å². The lowest BCUT2D eigenvalue weighted by Crippen LogP contribution is -2.38. The predicted octanol–water partition coefficient (Wildman–Crippen LogP) is 0.297. The molecule has 0 bridgehead atoms. The summed E-state index contributed by atoms with van der Waals surface area (Å²) < 4.78 is 1.72. The highest BCUT2D eigenvalue weighted by atomic mass is 35.5. The molecule has 0 aromatic carbocycles. The van der Waals surface area contributed by atoms with E-state index in [4.69, 9.17) is 11.6 Å². The lowest BCUT2D eigenvalue weighted by Gasteiger charge is -2.09. The SMILES string of the molecule is CNC(=O)[C@@H]1C[C@@H](n2cc(CNC(=O)Nc3ccc(Cl)nc3)nn2)CN1. The van der Waals surface area contributed by atoms with Gasteiger partial charge in [-0.25, -0.2) is 14.5 Å². The van der Waals surface area contributed by atoms with Crippen LogP contribution in [0.15, 0.2) is 24.5 Å². The molecule has 138 valence electrons. The average molecular weight is 379 g/mol. The van der Waals surface area contributed by atoms with Gasteiger partial charge < -0.3 is 21.3 Å². The van der Waals surface area contributed by atoms with Gasteiger partial charge in [-0.15, -0.1) is 5.10 Å². The first-order valence-electron chi connectivity index (χ1n) is 8.07. The van der Waals surface area contributed by atoms with Crippen molar-refractivity contribution in [2.75, 3.05) is 18.9 Å². The zero-order valence-electron chi connectivity index (χ0n) is 14.1. The number of carbonyl (C=O) groups excluding carboxylic acids is 2. The number of rotatable bonds is 5. The van der Waals surface area contributed by atoms with Crippen molar-refractivity contribution in [3.8, 4) is 0 Å². The molecule has 1 aliphatic heterocycles. The fraction of sp³-hybridized carbons (Fsp3) is 0.400. The first kappa shape index (κ1) is 18.1. The number of amides is 3. The van der Waals surface area contributed by atoms with Gasteiger partial charge in [0.05, 0.1) is 36.7 Å². The summed E-state index contributed by atoms with van der Waals surface area (Å²) in [6, 6.07) is 2.68. The fourth-order valence-electron chi connectivity index (χ4n) is 2.66. The summed E-state index contributed by atoms with van der Waals surface area (Å²) in [5.74, 6) is -0.0390. The molecule has 3 amide bonds. The van der Waals surface area contributed by atoms with Crippen molar-refractivity contribution in [1.29, 1.82) is 0 Å². The molecule has 4 N–H and O–H groups in total. The normalized spacial score (nSPS) is 19.2. The Balaban J connectivity index is 1.48. The summed E-state index contributed by atoms with van der Waals surface area (Å²) in [4.78, 5) is 27.4. The maximum Gasteiger partial charge on any atom is 0.319 e. The lowest BCUT2D eigenvalue weighted by atomic mass is 10.1. The minimum absolute atomic E-state index is 0.0390. The Bertz CT molecular complexity index is 778. The van der Waals surface area contributed by atoms with Crippen molar-refractivity contribution in [2.24, 2.45) is 0 Å². The molecule has 11 heteroatoms. The molecule has 2 aromatic heterocycles. The molecular formula is C15H19ClN8O2. The predicted molar refractivity (Wildman–Crippen MR) is 94.6 cm³/mol. The molecule has 0 aliphatic carbocycles. The Kier molecular flexibility index (Phi) is 5.64. The van der Waals surface area contributed by atoms with Gasteiger partial charge in [0.1, 0.15) is 10.8 Å². The van der Waals surface area contributed by atoms with Crippen molar-refractivity contribution in [1.82, 2.24) is 35.9 Å². The molecule has 2 aromatic rings. The minimum atomic E-state index is -0.383. The number of aromatic nitrogens is 4. The van der Waals surface area contributed by atoms with E-state index >= 15 is 0 Å². The second-order valence-corrected chi connectivity index (χ2v) is 6.22. The van der Waals surface area contributed by atoms with E-state index in [0.29, 0.717) is 29.5 Å². The highest BCUT2D eigenvalue weighted by Gasteiger charge is 2.30. The van der Waals surface area contributed by atoms with E-state index in [9.17, 15) is 9.59 Å². The van der Waals surface area contributed by atoms with Crippen LogP contribution in [-0.4, -0.2) is 51.6 Å². The number of hydrogen-bond acceptors (Lipinski definition) is 6. The molecular weight excluding hydrogens is 360 g/mol. The van der Waals surface area contributed by atoms with Gasteiger partial charge in [0.2, 0.25) is 5.91 Å². The molecule has 2 atom stereocenters. The van der Waals surface area contributed by atoms with E-state index in [2.05, 4.69) is 36.6 Å².